The molecule has 0 saturated carbocycles. The maximum Gasteiger partial charge on any atom is 0.123 e. The molecule has 2 bridgehead atoms. The Labute approximate surface area is 173 Å². The minimum atomic E-state index is -0.108. The number of likely N-dealkylation sites (tertiary alicyclic amines) is 1. The van der Waals surface area contributed by atoms with E-state index in [1.807, 2.05) is 10.7 Å². The van der Waals surface area contributed by atoms with Crippen LogP contribution in [0.5, 0.6) is 0 Å². The Morgan fingerprint density at radius 3 is 2.86 bits per heavy atom. The average Bonchev–Trinajstić information content (AvgIpc) is 3.19. The van der Waals surface area contributed by atoms with Crippen molar-refractivity contribution in [3.63, 3.8) is 0 Å². The van der Waals surface area contributed by atoms with E-state index in [4.69, 9.17) is 5.10 Å². The molecule has 0 radical (unpaired) electrons. The molecule has 1 aromatic heterocycles. The molecule has 0 spiro atoms. The summed E-state index contributed by atoms with van der Waals surface area (Å²) >= 11 is 0. The van der Waals surface area contributed by atoms with Crippen molar-refractivity contribution in [3.05, 3.63) is 53.6 Å². The summed E-state index contributed by atoms with van der Waals surface area (Å²) in [4.78, 5) is 5.46. The number of aryl methyl sites for hydroxylation is 1. The van der Waals surface area contributed by atoms with Crippen molar-refractivity contribution in [2.24, 2.45) is 11.8 Å². The van der Waals surface area contributed by atoms with Crippen LogP contribution in [0.25, 0.3) is 0 Å². The van der Waals surface area contributed by atoms with Crippen molar-refractivity contribution >= 4 is 0 Å². The highest BCUT2D eigenvalue weighted by Crippen LogP contribution is 2.42. The van der Waals surface area contributed by atoms with Crippen LogP contribution in [0.2, 0.25) is 0 Å². The number of benzene rings is 1. The number of hydrogen-bond donors (Lipinski definition) is 0. The van der Waals surface area contributed by atoms with E-state index in [1.165, 1.54) is 44.5 Å². The molecular formula is C24H33FN4. The van der Waals surface area contributed by atoms with Gasteiger partial charge in [0.05, 0.1) is 5.69 Å². The van der Waals surface area contributed by atoms with Crippen LogP contribution >= 0.6 is 0 Å². The van der Waals surface area contributed by atoms with Crippen LogP contribution in [0, 0.1) is 17.7 Å². The summed E-state index contributed by atoms with van der Waals surface area (Å²) in [7, 11) is 0. The number of piperidine rings is 3. The highest BCUT2D eigenvalue weighted by Gasteiger charge is 2.46. The Kier molecular flexibility index (Phi) is 5.44. The summed E-state index contributed by atoms with van der Waals surface area (Å²) in [6.07, 6.45) is 8.40. The zero-order valence-electron chi connectivity index (χ0n) is 17.5. The van der Waals surface area contributed by atoms with Gasteiger partial charge in [0.1, 0.15) is 5.82 Å². The molecule has 0 N–H and O–H groups in total. The van der Waals surface area contributed by atoms with Crippen LogP contribution in [-0.4, -0.2) is 51.3 Å². The minimum absolute atomic E-state index is 0.108. The van der Waals surface area contributed by atoms with Gasteiger partial charge < -0.3 is 0 Å². The lowest BCUT2D eigenvalue weighted by atomic mass is 9.71. The molecule has 4 nitrogen and oxygen atoms in total. The van der Waals surface area contributed by atoms with Crippen LogP contribution < -0.4 is 0 Å². The zero-order valence-corrected chi connectivity index (χ0v) is 17.5. The van der Waals surface area contributed by atoms with Crippen molar-refractivity contribution in [2.75, 3.05) is 19.6 Å². The lowest BCUT2D eigenvalue weighted by molar-refractivity contribution is -0.0732. The third kappa shape index (κ3) is 3.99. The van der Waals surface area contributed by atoms with Gasteiger partial charge in [-0.2, -0.15) is 5.10 Å². The Hall–Kier alpha value is -1.72. The van der Waals surface area contributed by atoms with Gasteiger partial charge in [-0.3, -0.25) is 14.5 Å². The summed E-state index contributed by atoms with van der Waals surface area (Å²) in [6.45, 7) is 7.58. The van der Waals surface area contributed by atoms with Gasteiger partial charge in [0.2, 0.25) is 0 Å². The molecule has 2 aromatic rings. The molecule has 0 aliphatic carbocycles. The Bertz CT molecular complexity index is 834. The molecule has 0 amide bonds. The normalized spacial score (nSPS) is 30.3. The van der Waals surface area contributed by atoms with E-state index < -0.39 is 0 Å². The van der Waals surface area contributed by atoms with Crippen molar-refractivity contribution in [3.8, 4) is 0 Å². The van der Waals surface area contributed by atoms with Crippen LogP contribution in [0.4, 0.5) is 4.39 Å². The fraction of sp³-hybridized carbons (Fsp3) is 0.625. The van der Waals surface area contributed by atoms with Crippen molar-refractivity contribution < 1.29 is 4.39 Å². The van der Waals surface area contributed by atoms with Gasteiger partial charge in [-0.1, -0.05) is 18.6 Å². The van der Waals surface area contributed by atoms with Crippen molar-refractivity contribution in [2.45, 2.75) is 64.2 Å². The smallest absolute Gasteiger partial charge is 0.123 e. The van der Waals surface area contributed by atoms with Gasteiger partial charge in [-0.15, -0.1) is 0 Å². The van der Waals surface area contributed by atoms with Crippen LogP contribution in [0.3, 0.4) is 0 Å². The number of rotatable bonds is 5. The molecule has 0 unspecified atom stereocenters. The summed E-state index contributed by atoms with van der Waals surface area (Å²) in [5.74, 6) is 1.33. The third-order valence-electron chi connectivity index (χ3n) is 7.44. The van der Waals surface area contributed by atoms with Crippen molar-refractivity contribution in [1.29, 1.82) is 0 Å². The number of halogens is 1. The third-order valence-corrected chi connectivity index (χ3v) is 7.44. The standard InChI is InChI=1S/C24H33FN4/c1-2-28-11-9-22(26-28)17-27-15-19-14-20(16-27)24(29-10-4-3-8-23(19)29)13-18-6-5-7-21(25)12-18/h5-7,9,11-12,19-20,23-24H,2-4,8,10,13-17H2,1H3/t19-,20+,23+,24+/m1/s1. The molecule has 4 heterocycles. The van der Waals surface area contributed by atoms with Gasteiger partial charge in [0.25, 0.3) is 0 Å². The van der Waals surface area contributed by atoms with E-state index >= 15 is 0 Å². The van der Waals surface area contributed by atoms with Gasteiger partial charge >= 0.3 is 0 Å². The first-order valence-corrected chi connectivity index (χ1v) is 11.4. The monoisotopic (exact) mass is 396 g/mol. The van der Waals surface area contributed by atoms with Gasteiger partial charge in [0.15, 0.2) is 0 Å². The molecule has 3 fully saturated rings. The first kappa shape index (κ1) is 19.3. The van der Waals surface area contributed by atoms with E-state index in [1.54, 1.807) is 12.1 Å². The Morgan fingerprint density at radius 1 is 1.14 bits per heavy atom. The maximum atomic E-state index is 13.8. The molecule has 5 heteroatoms. The number of nitrogens with zero attached hydrogens (tertiary/aromatic N) is 4. The van der Waals surface area contributed by atoms with Crippen LogP contribution in [-0.2, 0) is 19.5 Å². The first-order chi connectivity index (χ1) is 14.2. The summed E-state index contributed by atoms with van der Waals surface area (Å²) in [6, 6.07) is 10.7. The number of hydrogen-bond acceptors (Lipinski definition) is 3. The van der Waals surface area contributed by atoms with E-state index in [9.17, 15) is 4.39 Å². The molecule has 156 valence electrons. The molecular weight excluding hydrogens is 363 g/mol. The summed E-state index contributed by atoms with van der Waals surface area (Å²) in [5, 5.41) is 4.72. The van der Waals surface area contributed by atoms with Gasteiger partial charge in [-0.25, -0.2) is 4.39 Å². The molecule has 4 atom stereocenters. The SMILES string of the molecule is CCn1ccc(CN2C[C@H]3C[C@@H](C2)[C@H](Cc2cccc(F)c2)N2CCCC[C@@H]32)n1. The molecule has 5 rings (SSSR count). The van der Waals surface area contributed by atoms with Crippen LogP contribution in [0.15, 0.2) is 36.5 Å². The molecule has 3 aliphatic rings. The second-order valence-electron chi connectivity index (χ2n) is 9.32. The van der Waals surface area contributed by atoms with E-state index in [0.29, 0.717) is 18.0 Å². The highest BCUT2D eigenvalue weighted by molar-refractivity contribution is 5.19. The maximum absolute atomic E-state index is 13.8. The lowest BCUT2D eigenvalue weighted by Gasteiger charge is -2.57. The lowest BCUT2D eigenvalue weighted by Crippen LogP contribution is -2.63. The largest absolute Gasteiger partial charge is 0.297 e. The Morgan fingerprint density at radius 2 is 2.03 bits per heavy atom. The number of fused-ring (bicyclic) bond motifs is 4. The second kappa shape index (κ2) is 8.19. The van der Waals surface area contributed by atoms with E-state index in [2.05, 4.69) is 35.1 Å². The van der Waals surface area contributed by atoms with E-state index in [0.717, 1.165) is 37.5 Å². The minimum Gasteiger partial charge on any atom is -0.297 e. The number of aromatic nitrogens is 2. The van der Waals surface area contributed by atoms with Crippen LogP contribution in [0.1, 0.15) is 43.9 Å². The molecule has 1 aromatic carbocycles. The van der Waals surface area contributed by atoms with Gasteiger partial charge in [0, 0.05) is 44.5 Å². The molecule has 29 heavy (non-hydrogen) atoms. The quantitative estimate of drug-likeness (QED) is 0.765. The predicted molar refractivity (Wildman–Crippen MR) is 113 cm³/mol. The predicted octanol–water partition coefficient (Wildman–Crippen LogP) is 3.96. The fourth-order valence-electron chi connectivity index (χ4n) is 6.21. The molecule has 3 aliphatic heterocycles. The summed E-state index contributed by atoms with van der Waals surface area (Å²) < 4.78 is 15.8. The second-order valence-corrected chi connectivity index (χ2v) is 9.32. The van der Waals surface area contributed by atoms with E-state index in [-0.39, 0.29) is 5.82 Å². The Balaban J connectivity index is 1.36. The average molecular weight is 397 g/mol. The molecule has 3 saturated heterocycles. The van der Waals surface area contributed by atoms with Gasteiger partial charge in [-0.05, 0) is 74.8 Å². The zero-order chi connectivity index (χ0) is 19.8. The van der Waals surface area contributed by atoms with Crippen molar-refractivity contribution in [1.82, 2.24) is 19.6 Å². The summed E-state index contributed by atoms with van der Waals surface area (Å²) in [5.41, 5.74) is 2.34. The fourth-order valence-corrected chi connectivity index (χ4v) is 6.21. The highest BCUT2D eigenvalue weighted by atomic mass is 19.1. The first-order valence-electron chi connectivity index (χ1n) is 11.4. The topological polar surface area (TPSA) is 24.3 Å².